The predicted molar refractivity (Wildman–Crippen MR) is 79.8 cm³/mol. The van der Waals surface area contributed by atoms with Gasteiger partial charge in [0.05, 0.1) is 16.8 Å². The minimum absolute atomic E-state index is 0.206. The number of ether oxygens (including phenoxy) is 3. The van der Waals surface area contributed by atoms with Crippen LogP contribution in [0.5, 0.6) is 11.5 Å². The Morgan fingerprint density at radius 1 is 1.33 bits per heavy atom. The van der Waals surface area contributed by atoms with Crippen LogP contribution in [0.15, 0.2) is 22.7 Å². The molecule has 3 rings (SSSR count). The zero-order valence-corrected chi connectivity index (χ0v) is 12.8. The van der Waals surface area contributed by atoms with Gasteiger partial charge in [-0.2, -0.15) is 0 Å². The second-order valence-electron chi connectivity index (χ2n) is 4.34. The summed E-state index contributed by atoms with van der Waals surface area (Å²) >= 11 is 3.45. The number of methoxy groups -OCH3 is 1. The van der Waals surface area contributed by atoms with Gasteiger partial charge in [0.15, 0.2) is 17.3 Å². The number of fused-ring (bicyclic) bond motifs is 1. The van der Waals surface area contributed by atoms with Crippen LogP contribution in [0.1, 0.15) is 5.69 Å². The van der Waals surface area contributed by atoms with E-state index in [1.807, 2.05) is 12.1 Å². The summed E-state index contributed by atoms with van der Waals surface area (Å²) in [5, 5.41) is 0. The first kappa shape index (κ1) is 14.1. The highest BCUT2D eigenvalue weighted by atomic mass is 79.9. The highest BCUT2D eigenvalue weighted by molar-refractivity contribution is 9.10. The van der Waals surface area contributed by atoms with Crippen molar-refractivity contribution >= 4 is 21.7 Å². The molecule has 2 aromatic rings. The third-order valence-electron chi connectivity index (χ3n) is 2.90. The summed E-state index contributed by atoms with van der Waals surface area (Å²) in [5.74, 6) is 7.83. The lowest BCUT2D eigenvalue weighted by molar-refractivity contribution is 0.173. The first-order valence-electron chi connectivity index (χ1n) is 6.14. The maximum absolute atomic E-state index is 5.45. The number of hydrogen-bond donors (Lipinski definition) is 2. The maximum atomic E-state index is 5.45. The molecule has 0 amide bonds. The number of nitrogens with one attached hydrogen (secondary N) is 1. The number of hydrazine groups is 1. The number of nitrogen functional groups attached to an aromatic ring is 1. The van der Waals surface area contributed by atoms with E-state index in [1.54, 1.807) is 13.2 Å². The van der Waals surface area contributed by atoms with Gasteiger partial charge in [0.1, 0.15) is 5.82 Å². The van der Waals surface area contributed by atoms with Gasteiger partial charge < -0.3 is 19.6 Å². The number of nitrogens with zero attached hydrogens (tertiary/aromatic N) is 2. The molecule has 110 valence electrons. The number of rotatable bonds is 4. The zero-order chi connectivity index (χ0) is 14.8. The summed E-state index contributed by atoms with van der Waals surface area (Å²) < 4.78 is 16.7. The highest BCUT2D eigenvalue weighted by Crippen LogP contribution is 2.42. The van der Waals surface area contributed by atoms with Gasteiger partial charge in [-0.3, -0.25) is 0 Å². The monoisotopic (exact) mass is 352 g/mol. The Hall–Kier alpha value is -1.90. The Morgan fingerprint density at radius 2 is 2.19 bits per heavy atom. The molecule has 0 bridgehead atoms. The average molecular weight is 353 g/mol. The number of nitrogens with two attached hydrogens (primary N) is 1. The van der Waals surface area contributed by atoms with Gasteiger partial charge in [0, 0.05) is 18.7 Å². The molecule has 8 heteroatoms. The van der Waals surface area contributed by atoms with Crippen LogP contribution in [-0.4, -0.2) is 23.9 Å². The maximum Gasteiger partial charge on any atom is 0.231 e. The first-order valence-corrected chi connectivity index (χ1v) is 6.93. The predicted octanol–water partition coefficient (Wildman–Crippen LogP) is 2.07. The molecular weight excluding hydrogens is 340 g/mol. The topological polar surface area (TPSA) is 91.5 Å². The van der Waals surface area contributed by atoms with Crippen LogP contribution in [-0.2, 0) is 11.3 Å². The molecule has 0 radical (unpaired) electrons. The van der Waals surface area contributed by atoms with Crippen molar-refractivity contribution in [3.8, 4) is 22.9 Å². The molecule has 1 aromatic heterocycles. The van der Waals surface area contributed by atoms with Crippen molar-refractivity contribution in [1.29, 1.82) is 0 Å². The van der Waals surface area contributed by atoms with Crippen molar-refractivity contribution in [2.45, 2.75) is 6.61 Å². The molecule has 2 heterocycles. The lowest BCUT2D eigenvalue weighted by Crippen LogP contribution is -2.10. The Labute approximate surface area is 129 Å². The van der Waals surface area contributed by atoms with Gasteiger partial charge in [-0.15, -0.1) is 0 Å². The number of anilines is 1. The van der Waals surface area contributed by atoms with Crippen molar-refractivity contribution in [2.75, 3.05) is 19.3 Å². The van der Waals surface area contributed by atoms with Crippen molar-refractivity contribution in [2.24, 2.45) is 5.84 Å². The van der Waals surface area contributed by atoms with E-state index in [0.717, 1.165) is 15.7 Å². The van der Waals surface area contributed by atoms with Crippen LogP contribution in [0.25, 0.3) is 11.4 Å². The fourth-order valence-electron chi connectivity index (χ4n) is 2.02. The molecule has 7 nitrogen and oxygen atoms in total. The molecular formula is C13H13BrN4O3. The van der Waals surface area contributed by atoms with Crippen LogP contribution < -0.4 is 20.7 Å². The summed E-state index contributed by atoms with van der Waals surface area (Å²) in [5.41, 5.74) is 4.05. The molecule has 0 fully saturated rings. The Balaban J connectivity index is 2.07. The minimum atomic E-state index is 0.206. The molecule has 0 atom stereocenters. The molecule has 0 saturated heterocycles. The molecule has 0 spiro atoms. The van der Waals surface area contributed by atoms with Crippen LogP contribution in [0.3, 0.4) is 0 Å². The van der Waals surface area contributed by atoms with Gasteiger partial charge in [0.2, 0.25) is 6.79 Å². The molecule has 0 saturated carbocycles. The molecule has 3 N–H and O–H groups in total. The average Bonchev–Trinajstić information content (AvgIpc) is 2.96. The van der Waals surface area contributed by atoms with Crippen LogP contribution >= 0.6 is 15.9 Å². The van der Waals surface area contributed by atoms with Crippen LogP contribution in [0, 0.1) is 0 Å². The van der Waals surface area contributed by atoms with Gasteiger partial charge in [-0.1, -0.05) is 0 Å². The van der Waals surface area contributed by atoms with E-state index in [0.29, 0.717) is 29.7 Å². The second kappa shape index (κ2) is 5.84. The van der Waals surface area contributed by atoms with E-state index in [2.05, 4.69) is 31.3 Å². The van der Waals surface area contributed by atoms with E-state index in [-0.39, 0.29) is 6.79 Å². The number of hydrogen-bond acceptors (Lipinski definition) is 7. The smallest absolute Gasteiger partial charge is 0.231 e. The number of halogens is 1. The van der Waals surface area contributed by atoms with E-state index in [1.165, 1.54) is 0 Å². The summed E-state index contributed by atoms with van der Waals surface area (Å²) in [6, 6.07) is 5.44. The SMILES string of the molecule is COCc1cc(NN)nc(-c2cc(Br)c3c(c2)OCO3)n1. The lowest BCUT2D eigenvalue weighted by atomic mass is 10.2. The summed E-state index contributed by atoms with van der Waals surface area (Å²) in [7, 11) is 1.61. The Morgan fingerprint density at radius 3 is 2.95 bits per heavy atom. The quantitative estimate of drug-likeness (QED) is 0.642. The van der Waals surface area contributed by atoms with E-state index in [9.17, 15) is 0 Å². The standard InChI is InChI=1S/C13H13BrN4O3/c1-19-5-8-4-11(18-15)17-13(16-8)7-2-9(14)12-10(3-7)20-6-21-12/h2-4H,5-6,15H2,1H3,(H,16,17,18). The summed E-state index contributed by atoms with van der Waals surface area (Å²) in [6.45, 7) is 0.577. The van der Waals surface area contributed by atoms with Crippen LogP contribution in [0.2, 0.25) is 0 Å². The van der Waals surface area contributed by atoms with Crippen molar-refractivity contribution in [3.05, 3.63) is 28.4 Å². The zero-order valence-electron chi connectivity index (χ0n) is 11.2. The molecule has 1 aromatic carbocycles. The largest absolute Gasteiger partial charge is 0.454 e. The Kier molecular flexibility index (Phi) is 3.91. The lowest BCUT2D eigenvalue weighted by Gasteiger charge is -2.08. The normalized spacial score (nSPS) is 12.5. The van der Waals surface area contributed by atoms with Crippen molar-refractivity contribution < 1.29 is 14.2 Å². The fourth-order valence-corrected chi connectivity index (χ4v) is 2.58. The first-order chi connectivity index (χ1) is 10.2. The van der Waals surface area contributed by atoms with E-state index >= 15 is 0 Å². The third-order valence-corrected chi connectivity index (χ3v) is 3.49. The van der Waals surface area contributed by atoms with Crippen molar-refractivity contribution in [3.63, 3.8) is 0 Å². The van der Waals surface area contributed by atoms with Gasteiger partial charge in [0.25, 0.3) is 0 Å². The molecule has 0 unspecified atom stereocenters. The number of aromatic nitrogens is 2. The molecule has 21 heavy (non-hydrogen) atoms. The second-order valence-corrected chi connectivity index (χ2v) is 5.19. The molecule has 0 aliphatic carbocycles. The molecule has 1 aliphatic heterocycles. The van der Waals surface area contributed by atoms with Crippen molar-refractivity contribution in [1.82, 2.24) is 9.97 Å². The number of benzene rings is 1. The Bertz CT molecular complexity index is 681. The highest BCUT2D eigenvalue weighted by Gasteiger charge is 2.19. The van der Waals surface area contributed by atoms with E-state index in [4.69, 9.17) is 20.1 Å². The van der Waals surface area contributed by atoms with Crippen LogP contribution in [0.4, 0.5) is 5.82 Å². The molecule has 1 aliphatic rings. The van der Waals surface area contributed by atoms with Gasteiger partial charge >= 0.3 is 0 Å². The summed E-state index contributed by atoms with van der Waals surface area (Å²) in [4.78, 5) is 8.81. The summed E-state index contributed by atoms with van der Waals surface area (Å²) in [6.07, 6.45) is 0. The van der Waals surface area contributed by atoms with E-state index < -0.39 is 0 Å². The van der Waals surface area contributed by atoms with Gasteiger partial charge in [-0.25, -0.2) is 15.8 Å². The van der Waals surface area contributed by atoms with Gasteiger partial charge in [-0.05, 0) is 28.1 Å². The minimum Gasteiger partial charge on any atom is -0.454 e. The third kappa shape index (κ3) is 2.78. The fraction of sp³-hybridized carbons (Fsp3) is 0.231.